The molecule has 4 fully saturated rings. The summed E-state index contributed by atoms with van der Waals surface area (Å²) in [5.74, 6) is -2.58. The van der Waals surface area contributed by atoms with Crippen molar-refractivity contribution >= 4 is 23.5 Å². The lowest BCUT2D eigenvalue weighted by Gasteiger charge is -2.40. The van der Waals surface area contributed by atoms with Crippen molar-refractivity contribution < 1.29 is 54.4 Å². The highest BCUT2D eigenvalue weighted by Crippen LogP contribution is 2.45. The smallest absolute Gasteiger partial charge is 0.321 e. The molecule has 4 aliphatic rings. The molecule has 8 N–H and O–H groups in total. The van der Waals surface area contributed by atoms with Gasteiger partial charge < -0.3 is 55.5 Å². The molecule has 10 atom stereocenters. The minimum Gasteiger partial charge on any atom is -0.491 e. The first kappa shape index (κ1) is 35.0. The van der Waals surface area contributed by atoms with Gasteiger partial charge in [-0.25, -0.2) is 0 Å². The largest absolute Gasteiger partial charge is 0.491 e. The van der Waals surface area contributed by atoms with Gasteiger partial charge in [0, 0.05) is 23.4 Å². The Balaban J connectivity index is 1.40. The highest BCUT2D eigenvalue weighted by Gasteiger charge is 2.45. The molecule has 1 saturated carbocycles. The van der Waals surface area contributed by atoms with Crippen LogP contribution in [0.1, 0.15) is 65.9 Å². The number of nitrogens with one attached hydrogen (secondary N) is 2. The number of halogens is 1. The molecule has 1 aliphatic carbocycles. The predicted molar refractivity (Wildman–Crippen MR) is 171 cm³/mol. The quantitative estimate of drug-likeness (QED) is 0.139. The van der Waals surface area contributed by atoms with Crippen molar-refractivity contribution in [2.24, 2.45) is 5.92 Å². The lowest BCUT2D eigenvalue weighted by molar-refractivity contribution is -0.231. The van der Waals surface area contributed by atoms with E-state index in [1.807, 2.05) is 18.2 Å². The zero-order valence-corrected chi connectivity index (χ0v) is 27.0. The number of aliphatic hydroxyl groups excluding tert-OH is 4. The van der Waals surface area contributed by atoms with Crippen LogP contribution in [0.2, 0.25) is 5.02 Å². The minimum atomic E-state index is -1.58. The fourth-order valence-corrected chi connectivity index (χ4v) is 7.57. The molecule has 14 heteroatoms. The van der Waals surface area contributed by atoms with Crippen LogP contribution in [0.5, 0.6) is 5.75 Å². The Morgan fingerprint density at radius 1 is 0.958 bits per heavy atom. The van der Waals surface area contributed by atoms with Gasteiger partial charge in [0.15, 0.2) is 0 Å². The van der Waals surface area contributed by atoms with Crippen molar-refractivity contribution in [2.75, 3.05) is 32.9 Å². The maximum atomic E-state index is 12.5. The molecule has 2 aromatic rings. The molecule has 0 spiro atoms. The lowest BCUT2D eigenvalue weighted by Crippen LogP contribution is -2.55. The second-order valence-electron chi connectivity index (χ2n) is 13.2. The van der Waals surface area contributed by atoms with Crippen molar-refractivity contribution in [2.45, 2.75) is 86.2 Å². The van der Waals surface area contributed by atoms with E-state index in [-0.39, 0.29) is 12.0 Å². The molecule has 13 nitrogen and oxygen atoms in total. The molecule has 0 radical (unpaired) electrons. The molecule has 2 aromatic carbocycles. The third kappa shape index (κ3) is 7.35. The van der Waals surface area contributed by atoms with E-state index in [2.05, 4.69) is 10.6 Å². The van der Waals surface area contributed by atoms with E-state index in [0.29, 0.717) is 61.0 Å². The van der Waals surface area contributed by atoms with Crippen molar-refractivity contribution in [3.05, 3.63) is 63.7 Å². The molecule has 0 aromatic heterocycles. The van der Waals surface area contributed by atoms with Crippen LogP contribution in [-0.4, -0.2) is 118 Å². The summed E-state index contributed by atoms with van der Waals surface area (Å²) in [5, 5.41) is 67.8. The van der Waals surface area contributed by atoms with Gasteiger partial charge in [-0.15, -0.1) is 0 Å². The Kier molecular flexibility index (Phi) is 10.9. The summed E-state index contributed by atoms with van der Waals surface area (Å²) in [5.41, 5.74) is 2.53. The number of benzene rings is 2. The summed E-state index contributed by atoms with van der Waals surface area (Å²) in [6.45, 7) is 1.03. The topological polar surface area (TPSA) is 207 Å². The first-order valence-electron chi connectivity index (χ1n) is 16.5. The third-order valence-electron chi connectivity index (χ3n) is 10.0. The molecule has 0 bridgehead atoms. The van der Waals surface area contributed by atoms with E-state index in [9.17, 15) is 40.2 Å². The van der Waals surface area contributed by atoms with Crippen LogP contribution in [0, 0.1) is 5.92 Å². The standard InChI is InChI=1S/C34H43ClN2O11/c35-23-5-1-17(32-31(41)30(40)29(39)26(15-38)48-32)12-22(23)27(20-7-8-36-28(20)34(44)45)16-2-6-25(47-10-9-46-19-3-4-19)21(11-16)18-13-24(33(42)43)37-14-18/h1-2,5-6,11-12,18-20,24,26-32,36-41H,3-4,7-10,13-15H2,(H,42,43)(H,44,45)/t18?,20?,24-,26+,27?,28-,29+,30-,31+,32-/m0/s1. The van der Waals surface area contributed by atoms with Crippen LogP contribution in [0.3, 0.4) is 0 Å². The summed E-state index contributed by atoms with van der Waals surface area (Å²) in [6.07, 6.45) is -3.63. The van der Waals surface area contributed by atoms with Crippen molar-refractivity contribution in [1.29, 1.82) is 0 Å². The summed E-state index contributed by atoms with van der Waals surface area (Å²) < 4.78 is 17.8. The zero-order chi connectivity index (χ0) is 34.1. The molecule has 3 unspecified atom stereocenters. The minimum absolute atomic E-state index is 0.195. The number of aliphatic carboxylic acids is 2. The number of hydrogen-bond acceptors (Lipinski definition) is 11. The normalized spacial score (nSPS) is 32.6. The number of rotatable bonds is 13. The molecule has 0 amide bonds. The molecular weight excluding hydrogens is 648 g/mol. The second kappa shape index (κ2) is 15.0. The van der Waals surface area contributed by atoms with Crippen LogP contribution in [0.15, 0.2) is 36.4 Å². The Hall–Kier alpha value is -2.85. The molecule has 3 heterocycles. The molecule has 262 valence electrons. The van der Waals surface area contributed by atoms with Crippen LogP contribution in [-0.2, 0) is 19.1 Å². The Morgan fingerprint density at radius 3 is 2.44 bits per heavy atom. The first-order chi connectivity index (χ1) is 23.1. The van der Waals surface area contributed by atoms with Crippen molar-refractivity contribution in [1.82, 2.24) is 10.6 Å². The van der Waals surface area contributed by atoms with Crippen LogP contribution in [0.4, 0.5) is 0 Å². The van der Waals surface area contributed by atoms with Gasteiger partial charge in [-0.2, -0.15) is 0 Å². The fraction of sp³-hybridized carbons (Fsp3) is 0.588. The molecule has 48 heavy (non-hydrogen) atoms. The van der Waals surface area contributed by atoms with E-state index in [1.54, 1.807) is 18.2 Å². The van der Waals surface area contributed by atoms with Gasteiger partial charge in [0.1, 0.15) is 55.0 Å². The summed E-state index contributed by atoms with van der Waals surface area (Å²) in [7, 11) is 0. The van der Waals surface area contributed by atoms with Gasteiger partial charge in [0.25, 0.3) is 0 Å². The zero-order valence-electron chi connectivity index (χ0n) is 26.3. The monoisotopic (exact) mass is 690 g/mol. The molecule has 3 aliphatic heterocycles. The van der Waals surface area contributed by atoms with E-state index in [1.165, 1.54) is 0 Å². The van der Waals surface area contributed by atoms with Gasteiger partial charge in [-0.3, -0.25) is 9.59 Å². The summed E-state index contributed by atoms with van der Waals surface area (Å²) in [4.78, 5) is 24.3. The van der Waals surface area contributed by atoms with E-state index < -0.39 is 73.0 Å². The highest BCUT2D eigenvalue weighted by molar-refractivity contribution is 6.31. The van der Waals surface area contributed by atoms with Gasteiger partial charge in [0.05, 0.1) is 19.3 Å². The van der Waals surface area contributed by atoms with Crippen molar-refractivity contribution in [3.63, 3.8) is 0 Å². The second-order valence-corrected chi connectivity index (χ2v) is 13.6. The van der Waals surface area contributed by atoms with Gasteiger partial charge in [-0.05, 0) is 72.5 Å². The Morgan fingerprint density at radius 2 is 1.75 bits per heavy atom. The van der Waals surface area contributed by atoms with Crippen LogP contribution < -0.4 is 15.4 Å². The van der Waals surface area contributed by atoms with E-state index >= 15 is 0 Å². The van der Waals surface area contributed by atoms with E-state index in [4.69, 9.17) is 25.8 Å². The Bertz CT molecular complexity index is 1470. The summed E-state index contributed by atoms with van der Waals surface area (Å²) in [6, 6.07) is 8.99. The Labute approximate surface area is 282 Å². The molecule has 3 saturated heterocycles. The average molecular weight is 691 g/mol. The van der Waals surface area contributed by atoms with Crippen molar-refractivity contribution in [3.8, 4) is 5.75 Å². The summed E-state index contributed by atoms with van der Waals surface area (Å²) >= 11 is 6.88. The molecular formula is C34H43ClN2O11. The maximum Gasteiger partial charge on any atom is 0.321 e. The SMILES string of the molecule is O=C(O)[C@@H]1CC(c2cc(C(c3cc([C@@H]4O[C@H](CO)[C@@H](O)[C@H](O)[C@H]4O)ccc3Cl)C3CCN[C@@H]3C(=O)O)ccc2OCCOC2CC2)CN1. The third-order valence-corrected chi connectivity index (χ3v) is 10.4. The van der Waals surface area contributed by atoms with Crippen LogP contribution in [0.25, 0.3) is 0 Å². The number of aliphatic hydroxyl groups is 4. The van der Waals surface area contributed by atoms with Crippen LogP contribution >= 0.6 is 11.6 Å². The lowest BCUT2D eigenvalue weighted by atomic mass is 9.75. The fourth-order valence-electron chi connectivity index (χ4n) is 7.34. The van der Waals surface area contributed by atoms with E-state index in [0.717, 1.165) is 24.0 Å². The highest BCUT2D eigenvalue weighted by atomic mass is 35.5. The van der Waals surface area contributed by atoms with Gasteiger partial charge in [-0.1, -0.05) is 35.9 Å². The number of carboxylic acid groups (broad SMARTS) is 2. The first-order valence-corrected chi connectivity index (χ1v) is 16.9. The number of carbonyl (C=O) groups is 2. The number of carboxylic acids is 2. The number of ether oxygens (including phenoxy) is 3. The average Bonchev–Trinajstić information content (AvgIpc) is 3.53. The number of hydrogen-bond donors (Lipinski definition) is 8. The maximum absolute atomic E-state index is 12.5. The predicted octanol–water partition coefficient (Wildman–Crippen LogP) is 1.14. The molecule has 6 rings (SSSR count). The van der Waals surface area contributed by atoms with Gasteiger partial charge >= 0.3 is 11.9 Å². The van der Waals surface area contributed by atoms with Gasteiger partial charge in [0.2, 0.25) is 0 Å².